The second-order valence-corrected chi connectivity index (χ2v) is 7.22. The molecule has 0 spiro atoms. The van der Waals surface area contributed by atoms with E-state index >= 15 is 0 Å². The van der Waals surface area contributed by atoms with E-state index in [1.807, 2.05) is 6.07 Å². The molecule has 1 N–H and O–H groups in total. The van der Waals surface area contributed by atoms with Gasteiger partial charge in [-0.25, -0.2) is 8.42 Å². The molecule has 1 aromatic rings. The van der Waals surface area contributed by atoms with Crippen molar-refractivity contribution in [3.05, 3.63) is 27.5 Å². The standard InChI is InChI=1S/C13H19N3O2.CH4O4S/c1-10-8-12(17)15(13(18)11(10)9-14)6-5-7-16(2,3)4;1-5-6(2,3)4/h8H,5-7H2,1-4H3;1H3,(H,2,3,4). The second-order valence-electron chi connectivity index (χ2n) is 6.07. The monoisotopic (exact) mass is 361 g/mol. The van der Waals surface area contributed by atoms with Crippen molar-refractivity contribution in [3.63, 3.8) is 0 Å². The molecule has 24 heavy (non-hydrogen) atoms. The van der Waals surface area contributed by atoms with Crippen LogP contribution in [0.3, 0.4) is 0 Å². The first kappa shape index (κ1) is 22.1. The number of pyridine rings is 1. The predicted molar refractivity (Wildman–Crippen MR) is 86.0 cm³/mol. The maximum Gasteiger partial charge on any atom is 0.253 e. The van der Waals surface area contributed by atoms with Crippen LogP contribution in [0.1, 0.15) is 17.5 Å². The summed E-state index contributed by atoms with van der Waals surface area (Å²) in [6.07, 6.45) is 0.769. The number of aryl methyl sites for hydroxylation is 1. The van der Waals surface area contributed by atoms with E-state index in [-0.39, 0.29) is 17.0 Å². The van der Waals surface area contributed by atoms with Gasteiger partial charge in [0.25, 0.3) is 5.56 Å². The van der Waals surface area contributed by atoms with Crippen molar-refractivity contribution >= 4 is 10.4 Å². The lowest BCUT2D eigenvalue weighted by Gasteiger charge is -2.24. The highest BCUT2D eigenvalue weighted by Gasteiger charge is 2.13. The van der Waals surface area contributed by atoms with Gasteiger partial charge in [-0.3, -0.25) is 13.5 Å². The van der Waals surface area contributed by atoms with E-state index in [1.165, 1.54) is 10.6 Å². The van der Waals surface area contributed by atoms with Gasteiger partial charge >= 0.3 is 0 Å². The van der Waals surface area contributed by atoms with E-state index in [1.54, 1.807) is 6.92 Å². The minimum Gasteiger partial charge on any atom is -0.726 e. The summed E-state index contributed by atoms with van der Waals surface area (Å²) in [6.45, 7) is 2.97. The number of nitriles is 1. The van der Waals surface area contributed by atoms with Crippen LogP contribution in [0.2, 0.25) is 0 Å². The summed E-state index contributed by atoms with van der Waals surface area (Å²) < 4.78 is 33.1. The largest absolute Gasteiger partial charge is 0.726 e. The fraction of sp³-hybridized carbons (Fsp3) is 0.571. The van der Waals surface area contributed by atoms with Crippen LogP contribution in [-0.2, 0) is 21.1 Å². The smallest absolute Gasteiger partial charge is 0.253 e. The molecule has 0 unspecified atom stereocenters. The number of aromatic hydroxyl groups is 1. The van der Waals surface area contributed by atoms with Crippen LogP contribution < -0.4 is 5.56 Å². The summed E-state index contributed by atoms with van der Waals surface area (Å²) in [5.41, 5.74) is 0.438. The Hall–Kier alpha value is -1.93. The summed E-state index contributed by atoms with van der Waals surface area (Å²) >= 11 is 0. The maximum absolute atomic E-state index is 11.8. The van der Waals surface area contributed by atoms with Gasteiger partial charge in [-0.15, -0.1) is 0 Å². The van der Waals surface area contributed by atoms with Gasteiger partial charge in [-0.05, 0) is 12.5 Å². The highest BCUT2D eigenvalue weighted by atomic mass is 32.3. The minimum absolute atomic E-state index is 0.180. The third-order valence-corrected chi connectivity index (χ3v) is 3.41. The number of nitrogens with zero attached hydrogens (tertiary/aromatic N) is 3. The molecule has 0 aliphatic heterocycles. The van der Waals surface area contributed by atoms with Crippen LogP contribution >= 0.6 is 0 Å². The van der Waals surface area contributed by atoms with Gasteiger partial charge in [-0.2, -0.15) is 5.26 Å². The number of aromatic nitrogens is 1. The fourth-order valence-corrected chi connectivity index (χ4v) is 1.81. The normalized spacial score (nSPS) is 11.4. The first-order valence-electron chi connectivity index (χ1n) is 6.97. The zero-order chi connectivity index (χ0) is 19.1. The van der Waals surface area contributed by atoms with Crippen LogP contribution in [0.15, 0.2) is 10.9 Å². The second kappa shape index (κ2) is 8.79. The van der Waals surface area contributed by atoms with Crippen molar-refractivity contribution < 1.29 is 26.7 Å². The molecule has 0 radical (unpaired) electrons. The summed E-state index contributed by atoms with van der Waals surface area (Å²) in [5.74, 6) is -0.219. The molecule has 1 rings (SSSR count). The molecule has 0 saturated carbocycles. The highest BCUT2D eigenvalue weighted by molar-refractivity contribution is 7.80. The third kappa shape index (κ3) is 8.07. The van der Waals surface area contributed by atoms with Gasteiger partial charge in [0.15, 0.2) is 0 Å². The molecule has 0 atom stereocenters. The Morgan fingerprint density at radius 1 is 1.42 bits per heavy atom. The van der Waals surface area contributed by atoms with E-state index in [0.29, 0.717) is 12.1 Å². The molecular formula is C14H23N3O6S. The Morgan fingerprint density at radius 2 is 1.92 bits per heavy atom. The molecule has 136 valence electrons. The molecule has 0 aromatic carbocycles. The zero-order valence-electron chi connectivity index (χ0n) is 14.4. The van der Waals surface area contributed by atoms with Crippen molar-refractivity contribution in [1.29, 1.82) is 5.26 Å². The van der Waals surface area contributed by atoms with Crippen molar-refractivity contribution in [3.8, 4) is 11.9 Å². The summed E-state index contributed by atoms with van der Waals surface area (Å²) in [6, 6.07) is 3.32. The molecule has 0 aliphatic carbocycles. The van der Waals surface area contributed by atoms with Crippen LogP contribution in [-0.4, -0.2) is 61.9 Å². The third-order valence-electron chi connectivity index (χ3n) is 3.01. The van der Waals surface area contributed by atoms with E-state index in [9.17, 15) is 22.9 Å². The molecule has 1 aromatic heterocycles. The van der Waals surface area contributed by atoms with Crippen molar-refractivity contribution in [2.75, 3.05) is 34.8 Å². The Labute approximate surface area is 141 Å². The summed E-state index contributed by atoms with van der Waals surface area (Å²) in [4.78, 5) is 11.8. The molecule has 1 heterocycles. The van der Waals surface area contributed by atoms with Crippen molar-refractivity contribution in [2.24, 2.45) is 0 Å². The van der Waals surface area contributed by atoms with Gasteiger partial charge in [0.2, 0.25) is 16.3 Å². The number of quaternary nitrogens is 1. The first-order chi connectivity index (χ1) is 10.8. The van der Waals surface area contributed by atoms with Crippen LogP contribution in [0.25, 0.3) is 0 Å². The quantitative estimate of drug-likeness (QED) is 0.441. The maximum atomic E-state index is 11.8. The van der Waals surface area contributed by atoms with Gasteiger partial charge in [0, 0.05) is 19.0 Å². The van der Waals surface area contributed by atoms with Gasteiger partial charge in [0.05, 0.1) is 34.8 Å². The van der Waals surface area contributed by atoms with Gasteiger partial charge in [-0.1, -0.05) is 0 Å². The van der Waals surface area contributed by atoms with E-state index in [4.69, 9.17) is 5.26 Å². The summed E-state index contributed by atoms with van der Waals surface area (Å²) in [7, 11) is 2.60. The molecule has 0 amide bonds. The average molecular weight is 361 g/mol. The van der Waals surface area contributed by atoms with Gasteiger partial charge < -0.3 is 14.1 Å². The lowest BCUT2D eigenvalue weighted by atomic mass is 10.1. The Bertz CT molecular complexity index is 756. The van der Waals surface area contributed by atoms with E-state index in [0.717, 1.165) is 24.6 Å². The molecule has 0 fully saturated rings. The van der Waals surface area contributed by atoms with Crippen molar-refractivity contribution in [2.45, 2.75) is 19.9 Å². The Balaban J connectivity index is 0.000000754. The van der Waals surface area contributed by atoms with Gasteiger partial charge in [0.1, 0.15) is 11.6 Å². The molecule has 0 aliphatic rings. The van der Waals surface area contributed by atoms with Crippen LogP contribution in [0.5, 0.6) is 5.88 Å². The lowest BCUT2D eigenvalue weighted by molar-refractivity contribution is -0.870. The molecular weight excluding hydrogens is 338 g/mol. The Morgan fingerprint density at radius 3 is 2.29 bits per heavy atom. The first-order valence-corrected chi connectivity index (χ1v) is 8.31. The van der Waals surface area contributed by atoms with Crippen LogP contribution in [0, 0.1) is 18.3 Å². The number of hydrogen-bond acceptors (Lipinski definition) is 7. The van der Waals surface area contributed by atoms with Crippen LogP contribution in [0.4, 0.5) is 0 Å². The predicted octanol–water partition coefficient (Wildman–Crippen LogP) is -0.0767. The zero-order valence-corrected chi connectivity index (χ0v) is 15.3. The van der Waals surface area contributed by atoms with Crippen molar-refractivity contribution in [1.82, 2.24) is 4.57 Å². The number of hydrogen-bond donors (Lipinski definition) is 1. The van der Waals surface area contributed by atoms with E-state index < -0.39 is 10.4 Å². The molecule has 0 saturated heterocycles. The molecule has 9 nitrogen and oxygen atoms in total. The summed E-state index contributed by atoms with van der Waals surface area (Å²) in [5, 5.41) is 18.9. The lowest BCUT2D eigenvalue weighted by Crippen LogP contribution is -2.36. The van der Waals surface area contributed by atoms with E-state index in [2.05, 4.69) is 25.3 Å². The average Bonchev–Trinajstić information content (AvgIpc) is 2.41. The SMILES string of the molecule is COS(=O)(=O)[O-].Cc1cc(=O)n(CCC[N+](C)(C)C)c(O)c1C#N. The molecule has 0 bridgehead atoms. The minimum atomic E-state index is -4.41. The fourth-order valence-electron chi connectivity index (χ4n) is 1.81. The topological polar surface area (TPSA) is 132 Å². The molecule has 10 heteroatoms. The highest BCUT2D eigenvalue weighted by Crippen LogP contribution is 2.17. The Kier molecular flexibility index (Phi) is 8.08. The number of rotatable bonds is 5.